The molecule has 80 valence electrons. The van der Waals surface area contributed by atoms with Gasteiger partial charge in [-0.15, -0.1) is 0 Å². The normalized spacial score (nSPS) is 14.4. The van der Waals surface area contributed by atoms with Crippen molar-refractivity contribution >= 4 is 0 Å². The zero-order valence-electron chi connectivity index (χ0n) is 9.92. The fourth-order valence-corrected chi connectivity index (χ4v) is 1.40. The van der Waals surface area contributed by atoms with Crippen molar-refractivity contribution in [3.8, 4) is 5.75 Å². The van der Waals surface area contributed by atoms with Crippen molar-refractivity contribution in [3.05, 3.63) is 11.4 Å². The van der Waals surface area contributed by atoms with E-state index in [0.717, 1.165) is 5.69 Å². The van der Waals surface area contributed by atoms with E-state index in [1.165, 1.54) is 0 Å². The first kappa shape index (κ1) is 11.1. The highest BCUT2D eigenvalue weighted by molar-refractivity contribution is 5.30. The Kier molecular flexibility index (Phi) is 2.61. The van der Waals surface area contributed by atoms with Crippen LogP contribution < -0.4 is 0 Å². The van der Waals surface area contributed by atoms with Gasteiger partial charge in [-0.1, -0.05) is 20.8 Å². The fraction of sp³-hybridized carbons (Fsp3) is 0.727. The number of hydrogen-bond acceptors (Lipinski definition) is 2. The minimum absolute atomic E-state index is 0.148. The van der Waals surface area contributed by atoms with Gasteiger partial charge >= 0.3 is 0 Å². The maximum atomic E-state index is 9.66. The van der Waals surface area contributed by atoms with Gasteiger partial charge in [-0.05, 0) is 26.2 Å². The molecule has 0 saturated carbocycles. The molecule has 0 amide bonds. The predicted molar refractivity (Wildman–Crippen MR) is 57.5 cm³/mol. The molecule has 0 aliphatic carbocycles. The molecule has 3 nitrogen and oxygen atoms in total. The second-order valence-electron chi connectivity index (χ2n) is 5.01. The van der Waals surface area contributed by atoms with Gasteiger partial charge in [0.2, 0.25) is 0 Å². The van der Waals surface area contributed by atoms with Crippen LogP contribution in [0.4, 0.5) is 0 Å². The second kappa shape index (κ2) is 3.30. The Labute approximate surface area is 85.8 Å². The number of aromatic hydroxyl groups is 1. The molecule has 1 N–H and O–H groups in total. The first-order valence-corrected chi connectivity index (χ1v) is 5.00. The summed E-state index contributed by atoms with van der Waals surface area (Å²) in [6.45, 7) is 12.4. The van der Waals surface area contributed by atoms with Crippen LogP contribution in [0.15, 0.2) is 0 Å². The smallest absolute Gasteiger partial charge is 0.159 e. The summed E-state index contributed by atoms with van der Waals surface area (Å²) in [7, 11) is 0. The molecule has 1 unspecified atom stereocenters. The van der Waals surface area contributed by atoms with Crippen LogP contribution in [0.2, 0.25) is 0 Å². The molecule has 0 aliphatic rings. The Bertz CT molecular complexity index is 334. The molecular weight excluding hydrogens is 176 g/mol. The van der Waals surface area contributed by atoms with E-state index in [-0.39, 0.29) is 11.5 Å². The number of nitrogens with zero attached hydrogens (tertiary/aromatic N) is 2. The molecule has 0 spiro atoms. The van der Waals surface area contributed by atoms with Gasteiger partial charge in [-0.3, -0.25) is 4.68 Å². The lowest BCUT2D eigenvalue weighted by molar-refractivity contribution is 0.240. The standard InChI is InChI=1S/C11H20N2O/c1-7-10(14)8(2)13(12-7)9(3)11(4,5)6/h9,14H,1-6H3. The molecule has 0 bridgehead atoms. The fourth-order valence-electron chi connectivity index (χ4n) is 1.40. The number of rotatable bonds is 1. The molecule has 14 heavy (non-hydrogen) atoms. The Balaban J connectivity index is 3.14. The quantitative estimate of drug-likeness (QED) is 0.750. The Morgan fingerprint density at radius 1 is 1.29 bits per heavy atom. The van der Waals surface area contributed by atoms with E-state index in [1.54, 1.807) is 0 Å². The van der Waals surface area contributed by atoms with Crippen molar-refractivity contribution in [1.29, 1.82) is 0 Å². The lowest BCUT2D eigenvalue weighted by atomic mass is 9.88. The van der Waals surface area contributed by atoms with Crippen LogP contribution in [0.5, 0.6) is 5.75 Å². The first-order chi connectivity index (χ1) is 6.25. The third-order valence-corrected chi connectivity index (χ3v) is 2.91. The van der Waals surface area contributed by atoms with E-state index in [1.807, 2.05) is 18.5 Å². The van der Waals surface area contributed by atoms with Gasteiger partial charge in [0, 0.05) is 0 Å². The largest absolute Gasteiger partial charge is 0.504 e. The average Bonchev–Trinajstić information content (AvgIpc) is 2.30. The summed E-state index contributed by atoms with van der Waals surface area (Å²) in [4.78, 5) is 0. The monoisotopic (exact) mass is 196 g/mol. The molecule has 1 heterocycles. The summed E-state index contributed by atoms with van der Waals surface area (Å²) in [5.41, 5.74) is 1.71. The summed E-state index contributed by atoms with van der Waals surface area (Å²) in [6.07, 6.45) is 0. The number of aromatic nitrogens is 2. The van der Waals surface area contributed by atoms with Crippen molar-refractivity contribution in [2.24, 2.45) is 5.41 Å². The summed E-state index contributed by atoms with van der Waals surface area (Å²) >= 11 is 0. The van der Waals surface area contributed by atoms with Crippen LogP contribution in [-0.4, -0.2) is 14.9 Å². The summed E-state index contributed by atoms with van der Waals surface area (Å²) < 4.78 is 1.91. The van der Waals surface area contributed by atoms with E-state index >= 15 is 0 Å². The van der Waals surface area contributed by atoms with Crippen molar-refractivity contribution in [1.82, 2.24) is 9.78 Å². The van der Waals surface area contributed by atoms with Crippen molar-refractivity contribution in [2.45, 2.75) is 47.6 Å². The SMILES string of the molecule is Cc1nn(C(C)C(C)(C)C)c(C)c1O. The topological polar surface area (TPSA) is 38.0 Å². The summed E-state index contributed by atoms with van der Waals surface area (Å²) in [5, 5.41) is 14.0. The van der Waals surface area contributed by atoms with Crippen LogP contribution in [0, 0.1) is 19.3 Å². The van der Waals surface area contributed by atoms with Crippen molar-refractivity contribution in [3.63, 3.8) is 0 Å². The maximum Gasteiger partial charge on any atom is 0.159 e. The summed E-state index contributed by atoms with van der Waals surface area (Å²) in [6, 6.07) is 0.280. The van der Waals surface area contributed by atoms with Gasteiger partial charge in [0.05, 0.1) is 11.7 Å². The van der Waals surface area contributed by atoms with Gasteiger partial charge < -0.3 is 5.11 Å². The van der Waals surface area contributed by atoms with Crippen LogP contribution >= 0.6 is 0 Å². The van der Waals surface area contributed by atoms with Crippen LogP contribution in [0.25, 0.3) is 0 Å². The Morgan fingerprint density at radius 2 is 1.79 bits per heavy atom. The third kappa shape index (κ3) is 1.76. The third-order valence-electron chi connectivity index (χ3n) is 2.91. The van der Waals surface area contributed by atoms with Gasteiger partial charge in [0.1, 0.15) is 5.69 Å². The van der Waals surface area contributed by atoms with E-state index in [9.17, 15) is 5.11 Å². The van der Waals surface area contributed by atoms with E-state index in [2.05, 4.69) is 32.8 Å². The second-order valence-corrected chi connectivity index (χ2v) is 5.01. The molecule has 0 aromatic carbocycles. The van der Waals surface area contributed by atoms with Crippen molar-refractivity contribution < 1.29 is 5.11 Å². The van der Waals surface area contributed by atoms with E-state index < -0.39 is 0 Å². The highest BCUT2D eigenvalue weighted by Crippen LogP contribution is 2.33. The average molecular weight is 196 g/mol. The van der Waals surface area contributed by atoms with Crippen LogP contribution in [0.1, 0.15) is 45.1 Å². The van der Waals surface area contributed by atoms with Crippen molar-refractivity contribution in [2.75, 3.05) is 0 Å². The molecule has 1 rings (SSSR count). The molecule has 0 saturated heterocycles. The molecule has 1 aromatic heterocycles. The molecule has 1 aromatic rings. The molecule has 0 radical (unpaired) electrons. The zero-order valence-corrected chi connectivity index (χ0v) is 9.92. The summed E-state index contributed by atoms with van der Waals surface area (Å²) in [5.74, 6) is 0.320. The van der Waals surface area contributed by atoms with Gasteiger partial charge in [-0.25, -0.2) is 0 Å². The van der Waals surface area contributed by atoms with E-state index in [4.69, 9.17) is 0 Å². The number of hydrogen-bond donors (Lipinski definition) is 1. The highest BCUT2D eigenvalue weighted by Gasteiger charge is 2.25. The van der Waals surface area contributed by atoms with Crippen LogP contribution in [-0.2, 0) is 0 Å². The highest BCUT2D eigenvalue weighted by atomic mass is 16.3. The lowest BCUT2D eigenvalue weighted by Gasteiger charge is -2.28. The molecule has 1 atom stereocenters. The Morgan fingerprint density at radius 3 is 2.07 bits per heavy atom. The minimum Gasteiger partial charge on any atom is -0.504 e. The minimum atomic E-state index is 0.148. The molecule has 0 fully saturated rings. The maximum absolute atomic E-state index is 9.66. The Hall–Kier alpha value is -0.990. The van der Waals surface area contributed by atoms with Gasteiger partial charge in [0.15, 0.2) is 5.75 Å². The zero-order chi connectivity index (χ0) is 11.1. The first-order valence-electron chi connectivity index (χ1n) is 5.00. The van der Waals surface area contributed by atoms with Crippen LogP contribution in [0.3, 0.4) is 0 Å². The predicted octanol–water partition coefficient (Wildman–Crippen LogP) is 2.81. The molecule has 3 heteroatoms. The van der Waals surface area contributed by atoms with Gasteiger partial charge in [-0.2, -0.15) is 5.10 Å². The van der Waals surface area contributed by atoms with E-state index in [0.29, 0.717) is 11.4 Å². The molecule has 0 aliphatic heterocycles. The lowest BCUT2D eigenvalue weighted by Crippen LogP contribution is -2.23. The van der Waals surface area contributed by atoms with Gasteiger partial charge in [0.25, 0.3) is 0 Å². The number of aryl methyl sites for hydroxylation is 1. The molecular formula is C11H20N2O.